The highest BCUT2D eigenvalue weighted by Gasteiger charge is 2.47. The van der Waals surface area contributed by atoms with Gasteiger partial charge in [-0.3, -0.25) is 4.79 Å². The van der Waals surface area contributed by atoms with Gasteiger partial charge in [-0.2, -0.15) is 0 Å². The van der Waals surface area contributed by atoms with Crippen LogP contribution in [0.1, 0.15) is 29.8 Å². The largest absolute Gasteiger partial charge is 0.487 e. The molecule has 1 aliphatic heterocycles. The standard InChI is InChI=1S/C18H19F2N3O5S/c1-23-8-13-16(15(23)17(24)21-10-4-5-11(19)12(20)7-10)28-9-18(25)6-2-3-14(18)22-29(13,26)27/h4-5,7-8,14,22,25H,2-3,6,9H2,1H3,(H,21,24). The third-order valence-electron chi connectivity index (χ3n) is 5.30. The van der Waals surface area contributed by atoms with Gasteiger partial charge in [0.15, 0.2) is 23.1 Å². The number of aliphatic hydroxyl groups is 1. The van der Waals surface area contributed by atoms with E-state index in [9.17, 15) is 27.1 Å². The number of ether oxygens (including phenoxy) is 1. The van der Waals surface area contributed by atoms with Crippen molar-refractivity contribution in [3.63, 3.8) is 0 Å². The molecule has 1 amide bonds. The molecule has 1 saturated carbocycles. The number of carbonyl (C=O) groups excluding carboxylic acids is 1. The molecule has 2 aromatic rings. The smallest absolute Gasteiger partial charge is 0.276 e. The third-order valence-corrected chi connectivity index (χ3v) is 6.76. The number of carbonyl (C=O) groups is 1. The number of fused-ring (bicyclic) bond motifs is 2. The zero-order chi connectivity index (χ0) is 21.0. The molecule has 2 aliphatic rings. The van der Waals surface area contributed by atoms with Crippen molar-refractivity contribution < 1.29 is 31.8 Å². The highest BCUT2D eigenvalue weighted by Crippen LogP contribution is 2.38. The third kappa shape index (κ3) is 3.38. The number of benzene rings is 1. The first-order chi connectivity index (χ1) is 13.6. The van der Waals surface area contributed by atoms with Crippen LogP contribution in [0.2, 0.25) is 0 Å². The number of hydrogen-bond acceptors (Lipinski definition) is 5. The van der Waals surface area contributed by atoms with E-state index in [1.54, 1.807) is 0 Å². The number of halogens is 2. The van der Waals surface area contributed by atoms with Crippen LogP contribution in [-0.2, 0) is 17.1 Å². The van der Waals surface area contributed by atoms with Gasteiger partial charge in [-0.25, -0.2) is 21.9 Å². The predicted octanol–water partition coefficient (Wildman–Crippen LogP) is 1.51. The average Bonchev–Trinajstić information content (AvgIpc) is 3.16. The Labute approximate surface area is 165 Å². The van der Waals surface area contributed by atoms with Gasteiger partial charge in [-0.05, 0) is 31.4 Å². The Bertz CT molecular complexity index is 1100. The van der Waals surface area contributed by atoms with Crippen LogP contribution in [0, 0.1) is 11.6 Å². The first-order valence-electron chi connectivity index (χ1n) is 8.94. The molecule has 1 aromatic heterocycles. The van der Waals surface area contributed by atoms with E-state index in [0.29, 0.717) is 19.3 Å². The lowest BCUT2D eigenvalue weighted by Crippen LogP contribution is -2.53. The van der Waals surface area contributed by atoms with Gasteiger partial charge >= 0.3 is 0 Å². The fourth-order valence-corrected chi connectivity index (χ4v) is 5.31. The van der Waals surface area contributed by atoms with E-state index in [0.717, 1.165) is 12.1 Å². The predicted molar refractivity (Wildman–Crippen MR) is 98.1 cm³/mol. The Morgan fingerprint density at radius 3 is 2.86 bits per heavy atom. The van der Waals surface area contributed by atoms with Crippen molar-refractivity contribution in [3.05, 3.63) is 41.7 Å². The number of anilines is 1. The van der Waals surface area contributed by atoms with E-state index in [-0.39, 0.29) is 28.6 Å². The summed E-state index contributed by atoms with van der Waals surface area (Å²) < 4.78 is 61.6. The van der Waals surface area contributed by atoms with Crippen LogP contribution in [-0.4, -0.2) is 42.2 Å². The lowest BCUT2D eigenvalue weighted by Gasteiger charge is -2.32. The number of hydrogen-bond donors (Lipinski definition) is 3. The summed E-state index contributed by atoms with van der Waals surface area (Å²) in [6, 6.07) is 2.17. The molecular formula is C18H19F2N3O5S. The van der Waals surface area contributed by atoms with E-state index in [1.165, 1.54) is 23.9 Å². The number of nitrogens with one attached hydrogen (secondary N) is 2. The maximum Gasteiger partial charge on any atom is 0.276 e. The van der Waals surface area contributed by atoms with Gasteiger partial charge in [-0.15, -0.1) is 0 Å². The molecular weight excluding hydrogens is 408 g/mol. The molecule has 2 unspecified atom stereocenters. The molecule has 0 saturated heterocycles. The molecule has 0 spiro atoms. The minimum absolute atomic E-state index is 0.00911. The number of aromatic nitrogens is 1. The molecule has 3 N–H and O–H groups in total. The highest BCUT2D eigenvalue weighted by molar-refractivity contribution is 7.89. The molecule has 11 heteroatoms. The molecule has 2 atom stereocenters. The molecule has 29 heavy (non-hydrogen) atoms. The van der Waals surface area contributed by atoms with Crippen LogP contribution in [0.4, 0.5) is 14.5 Å². The van der Waals surface area contributed by atoms with E-state index >= 15 is 0 Å². The quantitative estimate of drug-likeness (QED) is 0.673. The topological polar surface area (TPSA) is 110 Å². The number of nitrogens with zero attached hydrogens (tertiary/aromatic N) is 1. The van der Waals surface area contributed by atoms with E-state index in [4.69, 9.17) is 4.74 Å². The highest BCUT2D eigenvalue weighted by atomic mass is 32.2. The van der Waals surface area contributed by atoms with Gasteiger partial charge in [0.2, 0.25) is 10.0 Å². The number of amides is 1. The Kier molecular flexibility index (Phi) is 4.63. The Morgan fingerprint density at radius 1 is 1.38 bits per heavy atom. The van der Waals surface area contributed by atoms with Gasteiger partial charge < -0.3 is 19.7 Å². The van der Waals surface area contributed by atoms with Crippen molar-refractivity contribution in [3.8, 4) is 5.75 Å². The van der Waals surface area contributed by atoms with Crippen LogP contribution >= 0.6 is 0 Å². The summed E-state index contributed by atoms with van der Waals surface area (Å²) in [4.78, 5) is 12.5. The molecule has 0 bridgehead atoms. The van der Waals surface area contributed by atoms with Crippen molar-refractivity contribution in [2.75, 3.05) is 11.9 Å². The second kappa shape index (κ2) is 6.78. The zero-order valence-electron chi connectivity index (χ0n) is 15.4. The summed E-state index contributed by atoms with van der Waals surface area (Å²) in [6.07, 6.45) is 2.70. The molecule has 8 nitrogen and oxygen atoms in total. The minimum Gasteiger partial charge on any atom is -0.487 e. The summed E-state index contributed by atoms with van der Waals surface area (Å²) >= 11 is 0. The number of aryl methyl sites for hydroxylation is 1. The van der Waals surface area contributed by atoms with Crippen LogP contribution in [0.25, 0.3) is 0 Å². The number of rotatable bonds is 2. The van der Waals surface area contributed by atoms with E-state index < -0.39 is 39.2 Å². The Hall–Kier alpha value is -2.50. The molecule has 1 fully saturated rings. The fraction of sp³-hybridized carbons (Fsp3) is 0.389. The second-order valence-corrected chi connectivity index (χ2v) is 9.01. The molecule has 156 valence electrons. The summed E-state index contributed by atoms with van der Waals surface area (Å²) in [5.74, 6) is -3.18. The first kappa shape index (κ1) is 19.8. The van der Waals surface area contributed by atoms with Crippen molar-refractivity contribution in [1.29, 1.82) is 0 Å². The van der Waals surface area contributed by atoms with Crippen molar-refractivity contribution in [1.82, 2.24) is 9.29 Å². The van der Waals surface area contributed by atoms with E-state index in [2.05, 4.69) is 10.0 Å². The molecule has 0 radical (unpaired) electrons. The zero-order valence-corrected chi connectivity index (χ0v) is 16.2. The summed E-state index contributed by atoms with van der Waals surface area (Å²) in [5, 5.41) is 13.2. The second-order valence-electron chi connectivity index (χ2n) is 7.32. The average molecular weight is 427 g/mol. The van der Waals surface area contributed by atoms with Gasteiger partial charge in [0.05, 0.1) is 6.04 Å². The van der Waals surface area contributed by atoms with Crippen LogP contribution < -0.4 is 14.8 Å². The van der Waals surface area contributed by atoms with Crippen LogP contribution in [0.5, 0.6) is 5.75 Å². The van der Waals surface area contributed by atoms with Gasteiger partial charge in [-0.1, -0.05) is 0 Å². The minimum atomic E-state index is -4.06. The summed E-state index contributed by atoms with van der Waals surface area (Å²) in [6.45, 7) is -0.192. The van der Waals surface area contributed by atoms with E-state index in [1.807, 2.05) is 0 Å². The van der Waals surface area contributed by atoms with Gasteiger partial charge in [0, 0.05) is 25.0 Å². The lowest BCUT2D eigenvalue weighted by molar-refractivity contribution is -0.0176. The molecule has 4 rings (SSSR count). The van der Waals surface area contributed by atoms with Crippen molar-refractivity contribution in [2.45, 2.75) is 35.8 Å². The maximum absolute atomic E-state index is 13.4. The van der Waals surface area contributed by atoms with Crippen molar-refractivity contribution in [2.24, 2.45) is 7.05 Å². The Balaban J connectivity index is 1.72. The van der Waals surface area contributed by atoms with Crippen LogP contribution in [0.15, 0.2) is 29.3 Å². The van der Waals surface area contributed by atoms with Crippen molar-refractivity contribution >= 4 is 21.6 Å². The van der Waals surface area contributed by atoms with Gasteiger partial charge in [0.1, 0.15) is 17.1 Å². The maximum atomic E-state index is 13.4. The lowest BCUT2D eigenvalue weighted by atomic mass is 10.00. The molecule has 2 heterocycles. The molecule has 1 aromatic carbocycles. The van der Waals surface area contributed by atoms with Crippen LogP contribution in [0.3, 0.4) is 0 Å². The monoisotopic (exact) mass is 427 g/mol. The summed E-state index contributed by atoms with van der Waals surface area (Å²) in [5.41, 5.74) is -1.52. The summed E-state index contributed by atoms with van der Waals surface area (Å²) in [7, 11) is -2.60. The normalized spacial score (nSPS) is 25.3. The fourth-order valence-electron chi connectivity index (χ4n) is 3.78. The van der Waals surface area contributed by atoms with Gasteiger partial charge in [0.25, 0.3) is 5.91 Å². The molecule has 1 aliphatic carbocycles. The first-order valence-corrected chi connectivity index (χ1v) is 10.4. The SMILES string of the molecule is Cn1cc2c(c1C(=O)Nc1ccc(F)c(F)c1)OCC1(O)CCCC1NS2(=O)=O. The Morgan fingerprint density at radius 2 is 2.14 bits per heavy atom. The number of sulfonamides is 1.